The predicted octanol–water partition coefficient (Wildman–Crippen LogP) is 1.08. The molecule has 0 unspecified atom stereocenters. The minimum Gasteiger partial charge on any atom is -0.477 e. The van der Waals surface area contributed by atoms with Crippen LogP contribution in [0, 0.1) is 6.92 Å². The standard InChI is InChI=1S/C13H16N4O3/c1-8(2)17-12(14-7-15-17)6-16-5-10(13(19)20)11(18)4-9(16)3/h4-5,7-8H,6H2,1-3H3,(H,19,20). The van der Waals surface area contributed by atoms with Gasteiger partial charge in [-0.15, -0.1) is 0 Å². The minimum atomic E-state index is -1.23. The number of nitrogens with zero attached hydrogens (tertiary/aromatic N) is 4. The van der Waals surface area contributed by atoms with Gasteiger partial charge in [-0.1, -0.05) is 0 Å². The van der Waals surface area contributed by atoms with E-state index in [2.05, 4.69) is 10.1 Å². The normalized spacial score (nSPS) is 11.0. The Hall–Kier alpha value is -2.44. The van der Waals surface area contributed by atoms with Gasteiger partial charge in [0.2, 0.25) is 0 Å². The number of pyridine rings is 1. The van der Waals surface area contributed by atoms with Crippen LogP contribution in [0.15, 0.2) is 23.4 Å². The smallest absolute Gasteiger partial charge is 0.341 e. The Morgan fingerprint density at radius 2 is 2.15 bits per heavy atom. The molecule has 0 bridgehead atoms. The number of aromatic carboxylic acids is 1. The Bertz CT molecular complexity index is 700. The van der Waals surface area contributed by atoms with Crippen LogP contribution in [0.5, 0.6) is 0 Å². The lowest BCUT2D eigenvalue weighted by Crippen LogP contribution is -2.20. The first kappa shape index (κ1) is 14.0. The van der Waals surface area contributed by atoms with Crippen LogP contribution in [0.2, 0.25) is 0 Å². The summed E-state index contributed by atoms with van der Waals surface area (Å²) in [6, 6.07) is 1.48. The van der Waals surface area contributed by atoms with Gasteiger partial charge in [0.15, 0.2) is 5.43 Å². The molecule has 2 rings (SSSR count). The highest BCUT2D eigenvalue weighted by Gasteiger charge is 2.13. The molecular formula is C13H16N4O3. The van der Waals surface area contributed by atoms with E-state index in [9.17, 15) is 9.59 Å². The first-order chi connectivity index (χ1) is 9.40. The molecule has 7 heteroatoms. The van der Waals surface area contributed by atoms with Gasteiger partial charge in [0.25, 0.3) is 0 Å². The summed E-state index contributed by atoms with van der Waals surface area (Å²) in [6.45, 7) is 6.09. The maximum Gasteiger partial charge on any atom is 0.341 e. The average molecular weight is 276 g/mol. The van der Waals surface area contributed by atoms with Crippen molar-refractivity contribution in [3.05, 3.63) is 45.9 Å². The SMILES string of the molecule is Cc1cc(=O)c(C(=O)O)cn1Cc1ncnn1C(C)C. The van der Waals surface area contributed by atoms with Gasteiger partial charge in [0.1, 0.15) is 17.7 Å². The van der Waals surface area contributed by atoms with Crippen molar-refractivity contribution in [3.8, 4) is 0 Å². The lowest BCUT2D eigenvalue weighted by atomic mass is 10.2. The molecule has 0 saturated carbocycles. The summed E-state index contributed by atoms with van der Waals surface area (Å²) >= 11 is 0. The molecule has 0 aliphatic heterocycles. The van der Waals surface area contributed by atoms with E-state index in [0.29, 0.717) is 18.1 Å². The number of carbonyl (C=O) groups is 1. The molecular weight excluding hydrogens is 260 g/mol. The van der Waals surface area contributed by atoms with Crippen molar-refractivity contribution < 1.29 is 9.90 Å². The second kappa shape index (κ2) is 5.28. The summed E-state index contributed by atoms with van der Waals surface area (Å²) in [4.78, 5) is 26.8. The molecule has 20 heavy (non-hydrogen) atoms. The second-order valence-electron chi connectivity index (χ2n) is 4.84. The van der Waals surface area contributed by atoms with E-state index < -0.39 is 11.4 Å². The molecule has 0 aromatic carbocycles. The molecule has 2 aromatic rings. The van der Waals surface area contributed by atoms with E-state index in [1.54, 1.807) is 16.2 Å². The number of aromatic nitrogens is 4. The van der Waals surface area contributed by atoms with Crippen LogP contribution < -0.4 is 5.43 Å². The zero-order valence-electron chi connectivity index (χ0n) is 11.6. The first-order valence-corrected chi connectivity index (χ1v) is 6.23. The Kier molecular flexibility index (Phi) is 3.69. The molecule has 2 heterocycles. The Balaban J connectivity index is 2.43. The van der Waals surface area contributed by atoms with Crippen molar-refractivity contribution in [2.24, 2.45) is 0 Å². The molecule has 0 radical (unpaired) electrons. The molecule has 0 amide bonds. The lowest BCUT2D eigenvalue weighted by Gasteiger charge is -2.13. The third kappa shape index (κ3) is 2.61. The van der Waals surface area contributed by atoms with Crippen LogP contribution >= 0.6 is 0 Å². The van der Waals surface area contributed by atoms with Crippen molar-refractivity contribution in [2.75, 3.05) is 0 Å². The van der Waals surface area contributed by atoms with Crippen LogP contribution in [-0.2, 0) is 6.54 Å². The maximum atomic E-state index is 11.6. The average Bonchev–Trinajstić information content (AvgIpc) is 2.80. The summed E-state index contributed by atoms with van der Waals surface area (Å²) in [5.41, 5.74) is -0.0545. The molecule has 1 N–H and O–H groups in total. The summed E-state index contributed by atoms with van der Waals surface area (Å²) in [5, 5.41) is 13.1. The third-order valence-corrected chi connectivity index (χ3v) is 3.02. The number of rotatable bonds is 4. The summed E-state index contributed by atoms with van der Waals surface area (Å²) in [7, 11) is 0. The minimum absolute atomic E-state index is 0.158. The number of hydrogen-bond donors (Lipinski definition) is 1. The third-order valence-electron chi connectivity index (χ3n) is 3.02. The number of carboxylic acid groups (broad SMARTS) is 1. The zero-order chi connectivity index (χ0) is 14.9. The number of hydrogen-bond acceptors (Lipinski definition) is 4. The molecule has 0 atom stereocenters. The van der Waals surface area contributed by atoms with Crippen LogP contribution in [0.1, 0.15) is 41.8 Å². The molecule has 0 spiro atoms. The fraction of sp³-hybridized carbons (Fsp3) is 0.385. The van der Waals surface area contributed by atoms with E-state index in [-0.39, 0.29) is 11.6 Å². The van der Waals surface area contributed by atoms with Crippen LogP contribution in [0.3, 0.4) is 0 Å². The maximum absolute atomic E-state index is 11.6. The molecule has 106 valence electrons. The van der Waals surface area contributed by atoms with Gasteiger partial charge >= 0.3 is 5.97 Å². The van der Waals surface area contributed by atoms with Gasteiger partial charge < -0.3 is 9.67 Å². The predicted molar refractivity (Wildman–Crippen MR) is 71.9 cm³/mol. The van der Waals surface area contributed by atoms with Crippen molar-refractivity contribution >= 4 is 5.97 Å². The molecule has 0 aliphatic rings. The highest BCUT2D eigenvalue weighted by atomic mass is 16.4. The van der Waals surface area contributed by atoms with E-state index in [0.717, 1.165) is 0 Å². The van der Waals surface area contributed by atoms with Crippen LogP contribution in [0.4, 0.5) is 0 Å². The van der Waals surface area contributed by atoms with Crippen molar-refractivity contribution in [2.45, 2.75) is 33.4 Å². The first-order valence-electron chi connectivity index (χ1n) is 6.23. The fourth-order valence-electron chi connectivity index (χ4n) is 1.97. The van der Waals surface area contributed by atoms with Gasteiger partial charge in [0.05, 0.1) is 6.54 Å². The van der Waals surface area contributed by atoms with Gasteiger partial charge in [0, 0.05) is 24.0 Å². The zero-order valence-corrected chi connectivity index (χ0v) is 11.6. The van der Waals surface area contributed by atoms with Gasteiger partial charge in [-0.2, -0.15) is 5.10 Å². The highest BCUT2D eigenvalue weighted by molar-refractivity contribution is 5.87. The molecule has 0 aliphatic carbocycles. The van der Waals surface area contributed by atoms with Gasteiger partial charge in [-0.05, 0) is 20.8 Å². The van der Waals surface area contributed by atoms with E-state index in [1.165, 1.54) is 18.6 Å². The Morgan fingerprint density at radius 1 is 1.45 bits per heavy atom. The summed E-state index contributed by atoms with van der Waals surface area (Å²) in [5.74, 6) is -0.517. The van der Waals surface area contributed by atoms with Crippen LogP contribution in [-0.4, -0.2) is 30.4 Å². The summed E-state index contributed by atoms with van der Waals surface area (Å²) in [6.07, 6.45) is 2.81. The Morgan fingerprint density at radius 3 is 2.75 bits per heavy atom. The number of carboxylic acids is 1. The van der Waals surface area contributed by atoms with Crippen molar-refractivity contribution in [1.29, 1.82) is 0 Å². The number of aryl methyl sites for hydroxylation is 1. The largest absolute Gasteiger partial charge is 0.477 e. The van der Waals surface area contributed by atoms with E-state index in [1.807, 2.05) is 13.8 Å². The monoisotopic (exact) mass is 276 g/mol. The van der Waals surface area contributed by atoms with Crippen molar-refractivity contribution in [3.63, 3.8) is 0 Å². The fourth-order valence-corrected chi connectivity index (χ4v) is 1.97. The van der Waals surface area contributed by atoms with Gasteiger partial charge in [-0.3, -0.25) is 4.79 Å². The Labute approximate surface area is 115 Å². The molecule has 2 aromatic heterocycles. The molecule has 7 nitrogen and oxygen atoms in total. The molecule has 0 fully saturated rings. The van der Waals surface area contributed by atoms with Crippen LogP contribution in [0.25, 0.3) is 0 Å². The van der Waals surface area contributed by atoms with E-state index in [4.69, 9.17) is 5.11 Å². The second-order valence-corrected chi connectivity index (χ2v) is 4.84. The highest BCUT2D eigenvalue weighted by Crippen LogP contribution is 2.09. The van der Waals surface area contributed by atoms with Crippen molar-refractivity contribution in [1.82, 2.24) is 19.3 Å². The summed E-state index contributed by atoms with van der Waals surface area (Å²) < 4.78 is 3.45. The topological polar surface area (TPSA) is 90.0 Å². The lowest BCUT2D eigenvalue weighted by molar-refractivity contribution is 0.0694. The molecule has 0 saturated heterocycles. The van der Waals surface area contributed by atoms with Gasteiger partial charge in [-0.25, -0.2) is 14.5 Å². The van der Waals surface area contributed by atoms with E-state index >= 15 is 0 Å². The quantitative estimate of drug-likeness (QED) is 0.902.